The highest BCUT2D eigenvalue weighted by Crippen LogP contribution is 2.34. The van der Waals surface area contributed by atoms with Crippen molar-refractivity contribution in [2.75, 3.05) is 0 Å². The first kappa shape index (κ1) is 21.3. The van der Waals surface area contributed by atoms with E-state index in [-0.39, 0.29) is 0 Å². The maximum absolute atomic E-state index is 2.32. The molecule has 6 aromatic rings. The summed E-state index contributed by atoms with van der Waals surface area (Å²) in [5.74, 6) is 0. The lowest BCUT2D eigenvalue weighted by Gasteiger charge is -2.20. The molecule has 2 radical (unpaired) electrons. The molecule has 35 heavy (non-hydrogen) atoms. The molecule has 0 nitrogen and oxygen atoms in total. The van der Waals surface area contributed by atoms with E-state index in [0.717, 1.165) is 0 Å². The molecule has 164 valence electrons. The van der Waals surface area contributed by atoms with Gasteiger partial charge in [0.2, 0.25) is 0 Å². The third-order valence-electron chi connectivity index (χ3n) is 6.49. The van der Waals surface area contributed by atoms with Crippen LogP contribution in [0.4, 0.5) is 0 Å². The molecule has 0 spiro atoms. The van der Waals surface area contributed by atoms with Crippen LogP contribution in [0.15, 0.2) is 146 Å². The molecule has 0 atom stereocenters. The highest BCUT2D eigenvalue weighted by molar-refractivity contribution is 6.72. The second kappa shape index (κ2) is 9.58. The van der Waals surface area contributed by atoms with Crippen molar-refractivity contribution in [1.82, 2.24) is 0 Å². The zero-order valence-electron chi connectivity index (χ0n) is 19.4. The van der Waals surface area contributed by atoms with Gasteiger partial charge < -0.3 is 0 Å². The van der Waals surface area contributed by atoms with Crippen LogP contribution in [0.1, 0.15) is 0 Å². The van der Waals surface area contributed by atoms with Crippen molar-refractivity contribution in [2.24, 2.45) is 0 Å². The van der Waals surface area contributed by atoms with Crippen molar-refractivity contribution in [3.8, 4) is 33.4 Å². The molecule has 0 saturated heterocycles. The lowest BCUT2D eigenvalue weighted by Crippen LogP contribution is -2.31. The molecule has 0 heterocycles. The maximum Gasteiger partial charge on any atom is 0.124 e. The van der Waals surface area contributed by atoms with Crippen LogP contribution in [0.25, 0.3) is 44.2 Å². The van der Waals surface area contributed by atoms with Crippen molar-refractivity contribution in [3.63, 3.8) is 0 Å². The van der Waals surface area contributed by atoms with Gasteiger partial charge in [0, 0.05) is 0 Å². The molecule has 0 N–H and O–H groups in total. The van der Waals surface area contributed by atoms with Gasteiger partial charge >= 0.3 is 0 Å². The van der Waals surface area contributed by atoms with Gasteiger partial charge in [-0.15, -0.1) is 0 Å². The summed E-state index contributed by atoms with van der Waals surface area (Å²) in [6, 6.07) is 52.5. The van der Waals surface area contributed by atoms with Crippen molar-refractivity contribution in [2.45, 2.75) is 0 Å². The van der Waals surface area contributed by atoms with Crippen LogP contribution in [0.3, 0.4) is 0 Å². The van der Waals surface area contributed by atoms with Gasteiger partial charge in [-0.1, -0.05) is 151 Å². The molecule has 0 unspecified atom stereocenters. The van der Waals surface area contributed by atoms with Gasteiger partial charge in [-0.05, 0) is 49.3 Å². The van der Waals surface area contributed by atoms with E-state index in [9.17, 15) is 0 Å². The van der Waals surface area contributed by atoms with E-state index in [2.05, 4.69) is 146 Å². The molecule has 6 rings (SSSR count). The molecule has 0 aliphatic carbocycles. The van der Waals surface area contributed by atoms with E-state index in [0.29, 0.717) is 9.52 Å². The molecule has 0 saturated carbocycles. The van der Waals surface area contributed by atoms with E-state index in [4.69, 9.17) is 0 Å². The minimum atomic E-state index is 0.521. The lowest BCUT2D eigenvalue weighted by atomic mass is 9.91. The third kappa shape index (κ3) is 4.23. The summed E-state index contributed by atoms with van der Waals surface area (Å²) < 4.78 is 0. The van der Waals surface area contributed by atoms with Crippen LogP contribution in [0, 0.1) is 0 Å². The normalized spacial score (nSPS) is 11.0. The molecule has 0 fully saturated rings. The van der Waals surface area contributed by atoms with Gasteiger partial charge in [0.15, 0.2) is 0 Å². The standard InChI is InChI=1S/C34H24Si/c1-4-13-26(14-5-1)30-23-24-31(27-15-6-2-7-16-27)34(33(30)28-18-8-3-9-19-28)35-32-22-12-20-25-17-10-11-21-29(25)32/h1-24H. The van der Waals surface area contributed by atoms with Crippen LogP contribution >= 0.6 is 0 Å². The second-order valence-corrected chi connectivity index (χ2v) is 9.95. The molecule has 0 aliphatic rings. The van der Waals surface area contributed by atoms with Crippen LogP contribution in [-0.2, 0) is 0 Å². The fraction of sp³-hybridized carbons (Fsp3) is 0. The maximum atomic E-state index is 2.32. The average Bonchev–Trinajstić information content (AvgIpc) is 2.94. The first-order valence-corrected chi connectivity index (χ1v) is 13.0. The number of fused-ring (bicyclic) bond motifs is 1. The summed E-state index contributed by atoms with van der Waals surface area (Å²) in [7, 11) is 0.521. The van der Waals surface area contributed by atoms with Crippen LogP contribution < -0.4 is 10.4 Å². The fourth-order valence-corrected chi connectivity index (χ4v) is 6.40. The van der Waals surface area contributed by atoms with E-state index >= 15 is 0 Å². The predicted octanol–water partition coefficient (Wildman–Crippen LogP) is 7.50. The number of hydrogen-bond acceptors (Lipinski definition) is 0. The van der Waals surface area contributed by atoms with Crippen molar-refractivity contribution >= 4 is 30.7 Å². The van der Waals surface area contributed by atoms with E-state index < -0.39 is 0 Å². The zero-order chi connectivity index (χ0) is 23.5. The number of benzene rings is 6. The first-order chi connectivity index (χ1) is 17.4. The summed E-state index contributed by atoms with van der Waals surface area (Å²) in [5.41, 5.74) is 7.66. The second-order valence-electron chi connectivity index (χ2n) is 8.66. The summed E-state index contributed by atoms with van der Waals surface area (Å²) in [4.78, 5) is 0. The lowest BCUT2D eigenvalue weighted by molar-refractivity contribution is 1.58. The molecule has 0 aliphatic heterocycles. The highest BCUT2D eigenvalue weighted by atomic mass is 28.2. The van der Waals surface area contributed by atoms with Gasteiger partial charge in [0.05, 0.1) is 0 Å². The Bertz CT molecular complexity index is 1580. The van der Waals surface area contributed by atoms with Crippen molar-refractivity contribution in [3.05, 3.63) is 146 Å². The van der Waals surface area contributed by atoms with E-state index in [1.807, 2.05) is 0 Å². The molecule has 6 aromatic carbocycles. The van der Waals surface area contributed by atoms with Gasteiger partial charge in [0.1, 0.15) is 9.52 Å². The van der Waals surface area contributed by atoms with E-state index in [1.165, 1.54) is 54.5 Å². The molecular weight excluding hydrogens is 436 g/mol. The predicted molar refractivity (Wildman–Crippen MR) is 152 cm³/mol. The highest BCUT2D eigenvalue weighted by Gasteiger charge is 2.19. The van der Waals surface area contributed by atoms with Gasteiger partial charge in [-0.3, -0.25) is 0 Å². The number of hydrogen-bond donors (Lipinski definition) is 0. The van der Waals surface area contributed by atoms with Crippen molar-refractivity contribution < 1.29 is 0 Å². The van der Waals surface area contributed by atoms with E-state index in [1.54, 1.807) is 0 Å². The van der Waals surface area contributed by atoms with Gasteiger partial charge in [0.25, 0.3) is 0 Å². The quantitative estimate of drug-likeness (QED) is 0.234. The Morgan fingerprint density at radius 1 is 0.371 bits per heavy atom. The number of rotatable bonds is 5. The van der Waals surface area contributed by atoms with Crippen LogP contribution in [0.5, 0.6) is 0 Å². The monoisotopic (exact) mass is 460 g/mol. The Kier molecular flexibility index (Phi) is 5.84. The topological polar surface area (TPSA) is 0 Å². The average molecular weight is 461 g/mol. The Balaban J connectivity index is 1.67. The SMILES string of the molecule is c1ccc(-c2ccc(-c3ccccc3)c(-c3ccccc3)c2[Si]c2cccc3ccccc23)cc1. The molecule has 1 heteroatoms. The largest absolute Gasteiger partial charge is 0.124 e. The summed E-state index contributed by atoms with van der Waals surface area (Å²) >= 11 is 0. The third-order valence-corrected chi connectivity index (χ3v) is 7.96. The smallest absolute Gasteiger partial charge is 0.0625 e. The fourth-order valence-electron chi connectivity index (χ4n) is 4.82. The molecule has 0 bridgehead atoms. The van der Waals surface area contributed by atoms with Crippen LogP contribution in [0.2, 0.25) is 0 Å². The Morgan fingerprint density at radius 3 is 1.57 bits per heavy atom. The minimum Gasteiger partial charge on any atom is -0.0625 e. The molecule has 0 aromatic heterocycles. The minimum absolute atomic E-state index is 0.521. The van der Waals surface area contributed by atoms with Crippen molar-refractivity contribution in [1.29, 1.82) is 0 Å². The first-order valence-electron chi connectivity index (χ1n) is 12.0. The molecule has 0 amide bonds. The summed E-state index contributed by atoms with van der Waals surface area (Å²) in [6.45, 7) is 0. The van der Waals surface area contributed by atoms with Gasteiger partial charge in [-0.25, -0.2) is 0 Å². The Hall–Kier alpha value is -4.20. The summed E-state index contributed by atoms with van der Waals surface area (Å²) in [5, 5.41) is 5.39. The molecular formula is C34H24Si. The Labute approximate surface area is 209 Å². The van der Waals surface area contributed by atoms with Crippen LogP contribution in [-0.4, -0.2) is 9.52 Å². The van der Waals surface area contributed by atoms with Gasteiger partial charge in [-0.2, -0.15) is 0 Å². The Morgan fingerprint density at radius 2 is 0.886 bits per heavy atom. The zero-order valence-corrected chi connectivity index (χ0v) is 20.4. The summed E-state index contributed by atoms with van der Waals surface area (Å²) in [6.07, 6.45) is 0.